The van der Waals surface area contributed by atoms with Gasteiger partial charge in [-0.15, -0.1) is 0 Å². The summed E-state index contributed by atoms with van der Waals surface area (Å²) in [6.45, 7) is 3.97. The SMILES string of the molecule is CCCS(=O)(=O)N(CC)c1cccc(O)c1. The first-order valence-electron chi connectivity index (χ1n) is 5.30. The fraction of sp³-hybridized carbons (Fsp3) is 0.455. The van der Waals surface area contributed by atoms with Crippen LogP contribution in [0.3, 0.4) is 0 Å². The number of nitrogens with zero attached hydrogens (tertiary/aromatic N) is 1. The molecule has 0 atom stereocenters. The summed E-state index contributed by atoms with van der Waals surface area (Å²) in [7, 11) is -3.27. The highest BCUT2D eigenvalue weighted by atomic mass is 32.2. The van der Waals surface area contributed by atoms with Gasteiger partial charge in [-0.3, -0.25) is 4.31 Å². The number of aromatic hydroxyl groups is 1. The number of sulfonamides is 1. The summed E-state index contributed by atoms with van der Waals surface area (Å²) in [6, 6.07) is 6.28. The maximum atomic E-state index is 11.9. The van der Waals surface area contributed by atoms with Crippen molar-refractivity contribution in [2.75, 3.05) is 16.6 Å². The van der Waals surface area contributed by atoms with Crippen molar-refractivity contribution in [3.63, 3.8) is 0 Å². The highest BCUT2D eigenvalue weighted by Crippen LogP contribution is 2.22. The van der Waals surface area contributed by atoms with E-state index in [2.05, 4.69) is 0 Å². The average Bonchev–Trinajstić information content (AvgIpc) is 2.18. The fourth-order valence-electron chi connectivity index (χ4n) is 1.56. The molecular weight excluding hydrogens is 226 g/mol. The van der Waals surface area contributed by atoms with Crippen molar-refractivity contribution < 1.29 is 13.5 Å². The molecule has 0 fully saturated rings. The lowest BCUT2D eigenvalue weighted by molar-refractivity contribution is 0.475. The standard InChI is InChI=1S/C11H17NO3S/c1-3-8-16(14,15)12(4-2)10-6-5-7-11(13)9-10/h5-7,9,13H,3-4,8H2,1-2H3. The molecule has 0 aromatic heterocycles. The van der Waals surface area contributed by atoms with Crippen LogP contribution >= 0.6 is 0 Å². The smallest absolute Gasteiger partial charge is 0.235 e. The van der Waals surface area contributed by atoms with Crippen molar-refractivity contribution in [1.29, 1.82) is 0 Å². The minimum absolute atomic E-state index is 0.0719. The first-order chi connectivity index (χ1) is 7.51. The Hall–Kier alpha value is -1.23. The van der Waals surface area contributed by atoms with Crippen LogP contribution in [-0.4, -0.2) is 25.8 Å². The number of phenols is 1. The van der Waals surface area contributed by atoms with Gasteiger partial charge >= 0.3 is 0 Å². The monoisotopic (exact) mass is 243 g/mol. The molecule has 90 valence electrons. The van der Waals surface area contributed by atoms with Crippen LogP contribution < -0.4 is 4.31 Å². The molecule has 0 unspecified atom stereocenters. The highest BCUT2D eigenvalue weighted by molar-refractivity contribution is 7.92. The van der Waals surface area contributed by atoms with E-state index in [9.17, 15) is 13.5 Å². The zero-order chi connectivity index (χ0) is 12.2. The Morgan fingerprint density at radius 3 is 2.50 bits per heavy atom. The van der Waals surface area contributed by atoms with Crippen LogP contribution in [0.1, 0.15) is 20.3 Å². The lowest BCUT2D eigenvalue weighted by atomic mass is 10.3. The van der Waals surface area contributed by atoms with E-state index in [1.165, 1.54) is 16.4 Å². The quantitative estimate of drug-likeness (QED) is 0.860. The van der Waals surface area contributed by atoms with Gasteiger partial charge in [0.2, 0.25) is 10.0 Å². The molecule has 16 heavy (non-hydrogen) atoms. The fourth-order valence-corrected chi connectivity index (χ4v) is 3.12. The third-order valence-electron chi connectivity index (χ3n) is 2.20. The number of hydrogen-bond donors (Lipinski definition) is 1. The molecule has 0 radical (unpaired) electrons. The van der Waals surface area contributed by atoms with Gasteiger partial charge in [0.25, 0.3) is 0 Å². The van der Waals surface area contributed by atoms with Gasteiger partial charge in [-0.05, 0) is 25.5 Å². The minimum atomic E-state index is -3.27. The second-order valence-electron chi connectivity index (χ2n) is 3.50. The van der Waals surface area contributed by atoms with E-state index in [1.807, 2.05) is 6.92 Å². The second-order valence-corrected chi connectivity index (χ2v) is 5.51. The normalized spacial score (nSPS) is 11.4. The molecule has 0 aliphatic rings. The van der Waals surface area contributed by atoms with Crippen molar-refractivity contribution >= 4 is 15.7 Å². The summed E-state index contributed by atoms with van der Waals surface area (Å²) < 4.78 is 25.2. The maximum absolute atomic E-state index is 11.9. The Balaban J connectivity index is 3.08. The Labute approximate surface area is 96.6 Å². The lowest BCUT2D eigenvalue weighted by Crippen LogP contribution is -2.32. The van der Waals surface area contributed by atoms with Crippen LogP contribution in [0.15, 0.2) is 24.3 Å². The van der Waals surface area contributed by atoms with Gasteiger partial charge in [-0.2, -0.15) is 0 Å². The third-order valence-corrected chi connectivity index (χ3v) is 4.27. The summed E-state index contributed by atoms with van der Waals surface area (Å²) in [4.78, 5) is 0. The molecule has 0 saturated carbocycles. The van der Waals surface area contributed by atoms with Crippen LogP contribution in [0.5, 0.6) is 5.75 Å². The summed E-state index contributed by atoms with van der Waals surface area (Å²) in [5, 5.41) is 9.33. The van der Waals surface area contributed by atoms with Crippen LogP contribution in [0.4, 0.5) is 5.69 Å². The summed E-state index contributed by atoms with van der Waals surface area (Å²) in [5.74, 6) is 0.193. The Morgan fingerprint density at radius 1 is 1.31 bits per heavy atom. The molecule has 0 spiro atoms. The summed E-state index contributed by atoms with van der Waals surface area (Å²) >= 11 is 0. The molecule has 1 rings (SSSR count). The van der Waals surface area contributed by atoms with Crippen LogP contribution in [0.25, 0.3) is 0 Å². The number of hydrogen-bond acceptors (Lipinski definition) is 3. The molecular formula is C11H17NO3S. The molecule has 5 heteroatoms. The van der Waals surface area contributed by atoms with E-state index in [4.69, 9.17) is 0 Å². The second kappa shape index (κ2) is 5.21. The maximum Gasteiger partial charge on any atom is 0.235 e. The molecule has 1 aromatic carbocycles. The molecule has 0 bridgehead atoms. The number of anilines is 1. The van der Waals surface area contributed by atoms with Gasteiger partial charge < -0.3 is 5.11 Å². The van der Waals surface area contributed by atoms with Crippen molar-refractivity contribution in [3.05, 3.63) is 24.3 Å². The van der Waals surface area contributed by atoms with Crippen molar-refractivity contribution in [1.82, 2.24) is 0 Å². The summed E-state index contributed by atoms with van der Waals surface area (Å²) in [5.41, 5.74) is 0.510. The van der Waals surface area contributed by atoms with E-state index in [1.54, 1.807) is 19.1 Å². The predicted molar refractivity (Wildman–Crippen MR) is 65.2 cm³/mol. The van der Waals surface area contributed by atoms with Gasteiger partial charge in [0.1, 0.15) is 5.75 Å². The van der Waals surface area contributed by atoms with Crippen LogP contribution in [0, 0.1) is 0 Å². The summed E-state index contributed by atoms with van der Waals surface area (Å²) in [6.07, 6.45) is 0.581. The van der Waals surface area contributed by atoms with Gasteiger partial charge in [0.15, 0.2) is 0 Å². The Morgan fingerprint density at radius 2 is 2.00 bits per heavy atom. The molecule has 0 amide bonds. The Bertz CT molecular complexity index is 442. The Kier molecular flexibility index (Phi) is 4.18. The number of rotatable bonds is 5. The molecule has 0 heterocycles. The van der Waals surface area contributed by atoms with E-state index in [0.717, 1.165) is 0 Å². The van der Waals surface area contributed by atoms with Crippen molar-refractivity contribution in [3.8, 4) is 5.75 Å². The lowest BCUT2D eigenvalue weighted by Gasteiger charge is -2.22. The number of benzene rings is 1. The average molecular weight is 243 g/mol. The zero-order valence-corrected chi connectivity index (χ0v) is 10.4. The minimum Gasteiger partial charge on any atom is -0.508 e. The topological polar surface area (TPSA) is 57.6 Å². The van der Waals surface area contributed by atoms with Crippen molar-refractivity contribution in [2.45, 2.75) is 20.3 Å². The zero-order valence-electron chi connectivity index (χ0n) is 9.55. The van der Waals surface area contributed by atoms with Crippen molar-refractivity contribution in [2.24, 2.45) is 0 Å². The van der Waals surface area contributed by atoms with E-state index in [0.29, 0.717) is 18.7 Å². The van der Waals surface area contributed by atoms with Gasteiger partial charge in [0.05, 0.1) is 11.4 Å². The molecule has 0 saturated heterocycles. The van der Waals surface area contributed by atoms with Gasteiger partial charge in [-0.1, -0.05) is 13.0 Å². The molecule has 0 aliphatic heterocycles. The van der Waals surface area contributed by atoms with Gasteiger partial charge in [-0.25, -0.2) is 8.42 Å². The molecule has 1 aromatic rings. The third kappa shape index (κ3) is 2.88. The largest absolute Gasteiger partial charge is 0.508 e. The van der Waals surface area contributed by atoms with Crippen LogP contribution in [-0.2, 0) is 10.0 Å². The first-order valence-corrected chi connectivity index (χ1v) is 6.91. The highest BCUT2D eigenvalue weighted by Gasteiger charge is 2.19. The predicted octanol–water partition coefficient (Wildman–Crippen LogP) is 1.96. The molecule has 4 nitrogen and oxygen atoms in total. The van der Waals surface area contributed by atoms with E-state index >= 15 is 0 Å². The number of phenolic OH excluding ortho intramolecular Hbond substituents is 1. The molecule has 0 aliphatic carbocycles. The first kappa shape index (κ1) is 12.8. The molecule has 1 N–H and O–H groups in total. The van der Waals surface area contributed by atoms with Gasteiger partial charge in [0, 0.05) is 12.6 Å². The van der Waals surface area contributed by atoms with E-state index in [-0.39, 0.29) is 11.5 Å². The van der Waals surface area contributed by atoms with E-state index < -0.39 is 10.0 Å². The van der Waals surface area contributed by atoms with Crippen LogP contribution in [0.2, 0.25) is 0 Å².